The monoisotopic (exact) mass is 315 g/mol. The third-order valence-electron chi connectivity index (χ3n) is 3.96. The van der Waals surface area contributed by atoms with E-state index >= 15 is 0 Å². The van der Waals surface area contributed by atoms with Crippen LogP contribution in [0, 0.1) is 0 Å². The Kier molecular flexibility index (Phi) is 5.24. The van der Waals surface area contributed by atoms with Crippen molar-refractivity contribution in [2.75, 3.05) is 33.1 Å². The summed E-state index contributed by atoms with van der Waals surface area (Å²) >= 11 is 4.64. The molecule has 0 fully saturated rings. The molecule has 1 aromatic rings. The molecule has 1 aliphatic rings. The van der Waals surface area contributed by atoms with Crippen LogP contribution in [0.5, 0.6) is 0 Å². The molecule has 3 nitrogen and oxygen atoms in total. The van der Waals surface area contributed by atoms with Crippen LogP contribution in [0.2, 0.25) is 0 Å². The van der Waals surface area contributed by atoms with Crippen molar-refractivity contribution >= 4 is 23.2 Å². The molecule has 0 radical (unpaired) electrons. The van der Waals surface area contributed by atoms with E-state index in [0.29, 0.717) is 0 Å². The van der Waals surface area contributed by atoms with Gasteiger partial charge in [0.15, 0.2) is 0 Å². The van der Waals surface area contributed by atoms with Gasteiger partial charge in [0.2, 0.25) is 0 Å². The lowest BCUT2D eigenvalue weighted by molar-refractivity contribution is 0.484. The van der Waals surface area contributed by atoms with Crippen LogP contribution in [-0.4, -0.2) is 33.1 Å². The highest BCUT2D eigenvalue weighted by molar-refractivity contribution is 7.90. The smallest absolute Gasteiger partial charge is 0.0488 e. The molecule has 4 heteroatoms. The van der Waals surface area contributed by atoms with Crippen molar-refractivity contribution in [3.63, 3.8) is 0 Å². The van der Waals surface area contributed by atoms with Crippen LogP contribution in [0.1, 0.15) is 18.4 Å². The first kappa shape index (κ1) is 16.6. The summed E-state index contributed by atoms with van der Waals surface area (Å²) in [4.78, 5) is 5.07. The number of thiol groups is 1. The molecule has 1 aromatic carbocycles. The van der Waals surface area contributed by atoms with Gasteiger partial charge in [-0.25, -0.2) is 0 Å². The van der Waals surface area contributed by atoms with E-state index in [-0.39, 0.29) is 0 Å². The fourth-order valence-corrected chi connectivity index (χ4v) is 2.74. The second-order valence-corrected chi connectivity index (χ2v) is 6.40. The van der Waals surface area contributed by atoms with Crippen LogP contribution < -0.4 is 10.6 Å². The van der Waals surface area contributed by atoms with E-state index in [0.717, 1.165) is 34.6 Å². The molecule has 0 unspecified atom stereocenters. The third kappa shape index (κ3) is 3.69. The number of benzene rings is 1. The van der Waals surface area contributed by atoms with Gasteiger partial charge in [-0.1, -0.05) is 18.2 Å². The van der Waals surface area contributed by atoms with Crippen molar-refractivity contribution in [2.45, 2.75) is 12.8 Å². The maximum atomic E-state index is 6.33. The largest absolute Gasteiger partial charge is 0.398 e. The summed E-state index contributed by atoms with van der Waals surface area (Å²) in [7, 11) is 8.20. The first-order chi connectivity index (χ1) is 10.4. The zero-order valence-electron chi connectivity index (χ0n) is 13.8. The molecule has 0 saturated heterocycles. The van der Waals surface area contributed by atoms with Crippen molar-refractivity contribution in [1.29, 1.82) is 0 Å². The fraction of sp³-hybridized carbons (Fsp3) is 0.333. The highest BCUT2D eigenvalue weighted by Crippen LogP contribution is 2.30. The molecular formula is C18H25N3S. The summed E-state index contributed by atoms with van der Waals surface area (Å²) in [6.07, 6.45) is 6.22. The van der Waals surface area contributed by atoms with Gasteiger partial charge in [-0.2, -0.15) is 0 Å². The SMILES string of the molecule is CN(C)C1=CC=C(/C(N)=C(/S)c2ccc(N(C)C)cc2)CC1. The molecule has 118 valence electrons. The number of anilines is 1. The predicted octanol–water partition coefficient (Wildman–Crippen LogP) is 3.48. The Morgan fingerprint density at radius 2 is 1.59 bits per heavy atom. The van der Waals surface area contributed by atoms with E-state index in [4.69, 9.17) is 5.73 Å². The zero-order chi connectivity index (χ0) is 16.3. The second-order valence-electron chi connectivity index (χ2n) is 5.95. The third-order valence-corrected chi connectivity index (χ3v) is 4.46. The first-order valence-electron chi connectivity index (χ1n) is 7.44. The summed E-state index contributed by atoms with van der Waals surface area (Å²) in [5, 5.41) is 0. The van der Waals surface area contributed by atoms with Gasteiger partial charge in [-0.15, -0.1) is 12.6 Å². The molecule has 0 aromatic heterocycles. The minimum Gasteiger partial charge on any atom is -0.398 e. The zero-order valence-corrected chi connectivity index (χ0v) is 14.7. The Morgan fingerprint density at radius 1 is 0.955 bits per heavy atom. The molecule has 2 N–H and O–H groups in total. The number of hydrogen-bond donors (Lipinski definition) is 2. The number of hydrogen-bond acceptors (Lipinski definition) is 4. The molecule has 0 amide bonds. The van der Waals surface area contributed by atoms with Crippen molar-refractivity contribution in [1.82, 2.24) is 4.90 Å². The summed E-state index contributed by atoms with van der Waals surface area (Å²) in [6.45, 7) is 0. The summed E-state index contributed by atoms with van der Waals surface area (Å²) in [5.41, 5.74) is 11.8. The van der Waals surface area contributed by atoms with E-state index < -0.39 is 0 Å². The van der Waals surface area contributed by atoms with E-state index in [9.17, 15) is 0 Å². The van der Waals surface area contributed by atoms with Crippen LogP contribution in [0.15, 0.2) is 53.4 Å². The Labute approximate surface area is 139 Å². The van der Waals surface area contributed by atoms with Crippen molar-refractivity contribution < 1.29 is 0 Å². The minimum absolute atomic E-state index is 0.773. The number of allylic oxidation sites excluding steroid dienone is 4. The highest BCUT2D eigenvalue weighted by atomic mass is 32.1. The molecule has 22 heavy (non-hydrogen) atoms. The average molecular weight is 315 g/mol. The fourth-order valence-electron chi connectivity index (χ4n) is 2.45. The van der Waals surface area contributed by atoms with Crippen LogP contribution in [0.25, 0.3) is 4.91 Å². The Balaban J connectivity index is 2.26. The van der Waals surface area contributed by atoms with Gasteiger partial charge in [0.05, 0.1) is 0 Å². The number of nitrogens with two attached hydrogens (primary N) is 1. The normalized spacial score (nSPS) is 15.7. The summed E-state index contributed by atoms with van der Waals surface area (Å²) < 4.78 is 0. The van der Waals surface area contributed by atoms with Crippen LogP contribution in [-0.2, 0) is 0 Å². The molecule has 0 atom stereocenters. The molecule has 0 spiro atoms. The highest BCUT2D eigenvalue weighted by Gasteiger charge is 2.13. The summed E-state index contributed by atoms with van der Waals surface area (Å²) in [6, 6.07) is 8.29. The van der Waals surface area contributed by atoms with Crippen molar-refractivity contribution in [3.05, 3.63) is 58.9 Å². The van der Waals surface area contributed by atoms with Crippen LogP contribution >= 0.6 is 12.6 Å². The lowest BCUT2D eigenvalue weighted by atomic mass is 9.98. The predicted molar refractivity (Wildman–Crippen MR) is 99.9 cm³/mol. The summed E-state index contributed by atoms with van der Waals surface area (Å²) in [5.74, 6) is 0. The van der Waals surface area contributed by atoms with E-state index in [1.54, 1.807) is 0 Å². The van der Waals surface area contributed by atoms with E-state index in [2.05, 4.69) is 72.9 Å². The standard InChI is InChI=1S/C18H25N3S/c1-20(2)15-9-5-13(6-10-15)17(19)18(22)14-7-11-16(12-8-14)21(3)4/h5,7-9,11-12,22H,6,10,19H2,1-4H3/b18-17-. The Bertz CT molecular complexity index is 622. The lowest BCUT2D eigenvalue weighted by Gasteiger charge is -2.22. The molecule has 1 aliphatic carbocycles. The molecule has 0 bridgehead atoms. The van der Waals surface area contributed by atoms with E-state index in [1.165, 1.54) is 11.4 Å². The van der Waals surface area contributed by atoms with Gasteiger partial charge in [0, 0.05) is 50.2 Å². The second kappa shape index (κ2) is 6.97. The quantitative estimate of drug-likeness (QED) is 0.835. The maximum absolute atomic E-state index is 6.33. The van der Waals surface area contributed by atoms with Gasteiger partial charge < -0.3 is 15.5 Å². The lowest BCUT2D eigenvalue weighted by Crippen LogP contribution is -2.14. The van der Waals surface area contributed by atoms with Gasteiger partial charge in [-0.3, -0.25) is 0 Å². The molecule has 0 saturated carbocycles. The van der Waals surface area contributed by atoms with Crippen molar-refractivity contribution in [2.24, 2.45) is 5.73 Å². The maximum Gasteiger partial charge on any atom is 0.0488 e. The van der Waals surface area contributed by atoms with Gasteiger partial charge >= 0.3 is 0 Å². The van der Waals surface area contributed by atoms with Gasteiger partial charge in [0.1, 0.15) is 0 Å². The van der Waals surface area contributed by atoms with Crippen LogP contribution in [0.4, 0.5) is 5.69 Å². The minimum atomic E-state index is 0.773. The number of nitrogens with zero attached hydrogens (tertiary/aromatic N) is 2. The average Bonchev–Trinajstić information content (AvgIpc) is 2.53. The number of rotatable bonds is 4. The first-order valence-corrected chi connectivity index (χ1v) is 7.88. The Morgan fingerprint density at radius 3 is 2.05 bits per heavy atom. The molecule has 0 heterocycles. The van der Waals surface area contributed by atoms with Crippen molar-refractivity contribution in [3.8, 4) is 0 Å². The van der Waals surface area contributed by atoms with Gasteiger partial charge in [0.25, 0.3) is 0 Å². The Hall–Kier alpha value is -1.81. The topological polar surface area (TPSA) is 32.5 Å². The van der Waals surface area contributed by atoms with Gasteiger partial charge in [-0.05, 0) is 42.2 Å². The van der Waals surface area contributed by atoms with E-state index in [1.807, 2.05) is 14.1 Å². The molecule has 2 rings (SSSR count). The van der Waals surface area contributed by atoms with Crippen LogP contribution in [0.3, 0.4) is 0 Å². The molecule has 0 aliphatic heterocycles. The molecular weight excluding hydrogens is 290 g/mol.